The zero-order chi connectivity index (χ0) is 18.1. The van der Waals surface area contributed by atoms with E-state index in [0.29, 0.717) is 21.9 Å². The van der Waals surface area contributed by atoms with Crippen LogP contribution in [-0.2, 0) is 7.05 Å². The number of carbonyl (C=O) groups is 1. The van der Waals surface area contributed by atoms with Crippen molar-refractivity contribution < 1.29 is 14.3 Å². The van der Waals surface area contributed by atoms with Crippen molar-refractivity contribution in [2.75, 3.05) is 14.2 Å². The molecule has 0 bridgehead atoms. The van der Waals surface area contributed by atoms with Gasteiger partial charge in [-0.15, -0.1) is 0 Å². The van der Waals surface area contributed by atoms with Gasteiger partial charge in [0, 0.05) is 7.05 Å². The van der Waals surface area contributed by atoms with E-state index in [4.69, 9.17) is 9.47 Å². The van der Waals surface area contributed by atoms with Gasteiger partial charge in [-0.3, -0.25) is 4.79 Å². The fourth-order valence-corrected chi connectivity index (χ4v) is 4.03. The molecule has 0 saturated carbocycles. The lowest BCUT2D eigenvalue weighted by Gasteiger charge is -2.09. The van der Waals surface area contributed by atoms with Crippen LogP contribution in [0.3, 0.4) is 0 Å². The molecule has 0 aliphatic heterocycles. The highest BCUT2D eigenvalue weighted by molar-refractivity contribution is 7.16. The number of aromatic nitrogens is 1. The molecule has 0 fully saturated rings. The number of para-hydroxylation sites is 1. The van der Waals surface area contributed by atoms with Gasteiger partial charge in [0.25, 0.3) is 5.91 Å². The monoisotopic (exact) mass is 356 g/mol. The molecule has 0 spiro atoms. The number of ether oxygens (including phenoxy) is 2. The second-order valence-electron chi connectivity index (χ2n) is 5.78. The van der Waals surface area contributed by atoms with Gasteiger partial charge < -0.3 is 14.0 Å². The Bertz CT molecular complexity index is 1030. The van der Waals surface area contributed by atoms with Gasteiger partial charge in [0.15, 0.2) is 16.3 Å². The zero-order valence-electron chi connectivity index (χ0n) is 14.9. The first-order chi connectivity index (χ1) is 12.0. The molecule has 25 heavy (non-hydrogen) atoms. The fourth-order valence-electron chi connectivity index (χ4n) is 2.87. The topological polar surface area (TPSA) is 52.8 Å². The molecule has 5 nitrogen and oxygen atoms in total. The summed E-state index contributed by atoms with van der Waals surface area (Å²) in [7, 11) is 4.99. The van der Waals surface area contributed by atoms with Crippen LogP contribution in [0.4, 0.5) is 0 Å². The Labute approximate surface area is 150 Å². The summed E-state index contributed by atoms with van der Waals surface area (Å²) in [5, 5.41) is 0. The highest BCUT2D eigenvalue weighted by Gasteiger charge is 2.17. The smallest absolute Gasteiger partial charge is 0.283 e. The van der Waals surface area contributed by atoms with Crippen molar-refractivity contribution in [3.8, 4) is 11.5 Å². The van der Waals surface area contributed by atoms with Crippen molar-refractivity contribution in [1.29, 1.82) is 0 Å². The van der Waals surface area contributed by atoms with Gasteiger partial charge in [-0.1, -0.05) is 29.5 Å². The maximum atomic E-state index is 12.8. The standard InChI is InChI=1S/C19H20N2O3S/c1-11-9-10-12(2)17-15(11)21(3)19(25-17)20-18(22)13-7-6-8-14(23-4)16(13)24-5/h6-10H,1-5H3. The molecule has 0 radical (unpaired) electrons. The minimum atomic E-state index is -0.354. The molecular formula is C19H20N2O3S. The second-order valence-corrected chi connectivity index (χ2v) is 6.76. The van der Waals surface area contributed by atoms with E-state index in [2.05, 4.69) is 31.0 Å². The largest absolute Gasteiger partial charge is 0.493 e. The van der Waals surface area contributed by atoms with Crippen LogP contribution in [0.15, 0.2) is 35.3 Å². The summed E-state index contributed by atoms with van der Waals surface area (Å²) in [6.45, 7) is 4.13. The van der Waals surface area contributed by atoms with Gasteiger partial charge in [-0.2, -0.15) is 4.99 Å². The maximum Gasteiger partial charge on any atom is 0.283 e. The number of benzene rings is 2. The minimum Gasteiger partial charge on any atom is -0.493 e. The first-order valence-electron chi connectivity index (χ1n) is 7.83. The first-order valence-corrected chi connectivity index (χ1v) is 8.65. The van der Waals surface area contributed by atoms with E-state index in [0.717, 1.165) is 15.8 Å². The third kappa shape index (κ3) is 2.93. The molecule has 0 aliphatic carbocycles. The molecule has 2 aromatic carbocycles. The fraction of sp³-hybridized carbons (Fsp3) is 0.263. The van der Waals surface area contributed by atoms with Gasteiger partial charge in [-0.25, -0.2) is 0 Å². The van der Waals surface area contributed by atoms with Crippen LogP contribution in [0.1, 0.15) is 21.5 Å². The van der Waals surface area contributed by atoms with Crippen LogP contribution in [0.5, 0.6) is 11.5 Å². The van der Waals surface area contributed by atoms with Gasteiger partial charge in [-0.05, 0) is 37.1 Å². The number of aryl methyl sites for hydroxylation is 3. The van der Waals surface area contributed by atoms with Crippen LogP contribution in [0, 0.1) is 13.8 Å². The number of methoxy groups -OCH3 is 2. The third-order valence-electron chi connectivity index (χ3n) is 4.18. The lowest BCUT2D eigenvalue weighted by molar-refractivity contribution is 0.0994. The quantitative estimate of drug-likeness (QED) is 0.720. The van der Waals surface area contributed by atoms with Crippen molar-refractivity contribution in [1.82, 2.24) is 4.57 Å². The lowest BCUT2D eigenvalue weighted by Crippen LogP contribution is -2.14. The number of carbonyl (C=O) groups excluding carboxylic acids is 1. The van der Waals surface area contributed by atoms with Crippen molar-refractivity contribution in [3.63, 3.8) is 0 Å². The molecule has 0 unspecified atom stereocenters. The Hall–Kier alpha value is -2.60. The second kappa shape index (κ2) is 6.72. The molecule has 0 aliphatic rings. The lowest BCUT2D eigenvalue weighted by atomic mass is 10.1. The summed E-state index contributed by atoms with van der Waals surface area (Å²) >= 11 is 1.51. The molecule has 0 saturated heterocycles. The SMILES string of the molecule is COc1cccc(C(=O)N=c2sc3c(C)ccc(C)c3n2C)c1OC. The Kier molecular flexibility index (Phi) is 4.63. The first kappa shape index (κ1) is 17.2. The van der Waals surface area contributed by atoms with Gasteiger partial charge in [0.1, 0.15) is 0 Å². The molecule has 3 rings (SSSR count). The minimum absolute atomic E-state index is 0.354. The van der Waals surface area contributed by atoms with Crippen LogP contribution in [0.2, 0.25) is 0 Å². The number of amides is 1. The molecule has 6 heteroatoms. The van der Waals surface area contributed by atoms with Crippen molar-refractivity contribution in [2.45, 2.75) is 13.8 Å². The van der Waals surface area contributed by atoms with Gasteiger partial charge >= 0.3 is 0 Å². The Morgan fingerprint density at radius 2 is 1.80 bits per heavy atom. The van der Waals surface area contributed by atoms with E-state index in [9.17, 15) is 4.79 Å². The molecule has 3 aromatic rings. The Morgan fingerprint density at radius 3 is 2.44 bits per heavy atom. The predicted octanol–water partition coefficient (Wildman–Crippen LogP) is 3.61. The average Bonchev–Trinajstić information content (AvgIpc) is 2.95. The summed E-state index contributed by atoms with van der Waals surface area (Å²) in [4.78, 5) is 17.7. The molecule has 1 amide bonds. The number of hydrogen-bond donors (Lipinski definition) is 0. The summed E-state index contributed by atoms with van der Waals surface area (Å²) in [6, 6.07) is 9.37. The molecule has 0 N–H and O–H groups in total. The normalized spacial score (nSPS) is 11.8. The highest BCUT2D eigenvalue weighted by atomic mass is 32.1. The number of thiazole rings is 1. The van der Waals surface area contributed by atoms with Crippen molar-refractivity contribution in [3.05, 3.63) is 51.8 Å². The predicted molar refractivity (Wildman–Crippen MR) is 99.7 cm³/mol. The van der Waals surface area contributed by atoms with Gasteiger partial charge in [0.2, 0.25) is 0 Å². The average molecular weight is 356 g/mol. The highest BCUT2D eigenvalue weighted by Crippen LogP contribution is 2.31. The van der Waals surface area contributed by atoms with E-state index >= 15 is 0 Å². The maximum absolute atomic E-state index is 12.8. The molecule has 130 valence electrons. The Balaban J connectivity index is 2.18. The van der Waals surface area contributed by atoms with E-state index < -0.39 is 0 Å². The summed E-state index contributed by atoms with van der Waals surface area (Å²) in [6.07, 6.45) is 0. The van der Waals surface area contributed by atoms with Crippen LogP contribution < -0.4 is 14.3 Å². The van der Waals surface area contributed by atoms with Gasteiger partial charge in [0.05, 0.1) is 30.0 Å². The third-order valence-corrected chi connectivity index (χ3v) is 5.44. The number of hydrogen-bond acceptors (Lipinski definition) is 4. The van der Waals surface area contributed by atoms with E-state index in [-0.39, 0.29) is 5.91 Å². The molecule has 1 aromatic heterocycles. The van der Waals surface area contributed by atoms with Crippen LogP contribution >= 0.6 is 11.3 Å². The number of rotatable bonds is 3. The summed E-state index contributed by atoms with van der Waals surface area (Å²) in [5.74, 6) is 0.555. The molecular weight excluding hydrogens is 336 g/mol. The summed E-state index contributed by atoms with van der Waals surface area (Å²) < 4.78 is 13.7. The Morgan fingerprint density at radius 1 is 1.08 bits per heavy atom. The molecule has 0 atom stereocenters. The van der Waals surface area contributed by atoms with Crippen LogP contribution in [0.25, 0.3) is 10.2 Å². The summed E-state index contributed by atoms with van der Waals surface area (Å²) in [5.41, 5.74) is 3.82. The van der Waals surface area contributed by atoms with Crippen molar-refractivity contribution in [2.24, 2.45) is 12.0 Å². The van der Waals surface area contributed by atoms with Crippen molar-refractivity contribution >= 4 is 27.5 Å². The van der Waals surface area contributed by atoms with E-state index in [1.165, 1.54) is 24.0 Å². The number of fused-ring (bicyclic) bond motifs is 1. The van der Waals surface area contributed by atoms with Crippen LogP contribution in [-0.4, -0.2) is 24.7 Å². The molecule has 1 heterocycles. The zero-order valence-corrected chi connectivity index (χ0v) is 15.7. The number of nitrogens with zero attached hydrogens (tertiary/aromatic N) is 2. The van der Waals surface area contributed by atoms with E-state index in [1.54, 1.807) is 25.3 Å². The van der Waals surface area contributed by atoms with E-state index in [1.807, 2.05) is 11.6 Å².